The second-order valence-electron chi connectivity index (χ2n) is 13.6. The van der Waals surface area contributed by atoms with Crippen molar-refractivity contribution in [1.82, 2.24) is 0 Å². The number of para-hydroxylation sites is 2. The van der Waals surface area contributed by atoms with E-state index in [0.717, 1.165) is 0 Å². The van der Waals surface area contributed by atoms with Crippen molar-refractivity contribution in [2.24, 2.45) is 0 Å². The summed E-state index contributed by atoms with van der Waals surface area (Å²) in [4.78, 5) is 5.28. The molecular weight excluding hydrogens is 651 g/mol. The first-order chi connectivity index (χ1) is 25.3. The van der Waals surface area contributed by atoms with E-state index in [2.05, 4.69) is 193 Å². The van der Waals surface area contributed by atoms with Crippen LogP contribution in [0.2, 0.25) is 0 Å². The number of nitrogens with zero attached hydrogens (tertiary/aromatic N) is 1. The minimum absolute atomic E-state index is 1.17. The first-order valence-corrected chi connectivity index (χ1v) is 20.4. The molecule has 0 saturated heterocycles. The minimum atomic E-state index is -2.68. The zero-order valence-electron chi connectivity index (χ0n) is 27.8. The fourth-order valence-electron chi connectivity index (χ4n) is 9.09. The maximum Gasteiger partial charge on any atom is 0.186 e. The highest BCUT2D eigenvalue weighted by Gasteiger charge is 2.52. The quantitative estimate of drug-likeness (QED) is 0.159. The van der Waals surface area contributed by atoms with Gasteiger partial charge in [-0.2, -0.15) is 0 Å². The van der Waals surface area contributed by atoms with Gasteiger partial charge in [-0.15, -0.1) is 0 Å². The molecule has 0 fully saturated rings. The van der Waals surface area contributed by atoms with Crippen molar-refractivity contribution >= 4 is 57.6 Å². The van der Waals surface area contributed by atoms with Crippen molar-refractivity contribution in [3.05, 3.63) is 188 Å². The number of fused-ring (bicyclic) bond motifs is 16. The van der Waals surface area contributed by atoms with Crippen LogP contribution in [-0.2, 0) is 0 Å². The van der Waals surface area contributed by atoms with Crippen LogP contribution in [0, 0.1) is 0 Å². The Morgan fingerprint density at radius 2 is 0.667 bits per heavy atom. The number of anilines is 3. The monoisotopic (exact) mass is 681 g/mol. The molecule has 0 amide bonds. The van der Waals surface area contributed by atoms with Gasteiger partial charge in [0.25, 0.3) is 0 Å². The summed E-state index contributed by atoms with van der Waals surface area (Å²) in [5.74, 6) is 0. The fourth-order valence-corrected chi connectivity index (χ4v) is 16.4. The molecule has 3 aliphatic rings. The standard InChI is InChI=1S/C48H31NSSi/c1-2-16-34-33(15-1)35-17-3-4-19-37(35)39-30-29-32(31-40(39)38-20-6-5-18-36(34)38)49-41-21-7-11-25-45(41)51(46-26-12-8-22-42(46)49)47-27-13-9-23-43(47)50-44-24-10-14-28-48(44)51/h1-31H. The molecule has 2 heterocycles. The van der Waals surface area contributed by atoms with E-state index in [1.165, 1.54) is 92.1 Å². The molecule has 3 heteroatoms. The molecule has 0 N–H and O–H groups in total. The maximum atomic E-state index is 2.54. The molecule has 8 aromatic rings. The molecule has 1 nitrogen and oxygen atoms in total. The van der Waals surface area contributed by atoms with Gasteiger partial charge in [-0.25, -0.2) is 0 Å². The molecule has 0 bridgehead atoms. The predicted molar refractivity (Wildman–Crippen MR) is 218 cm³/mol. The Balaban J connectivity index is 1.21. The van der Waals surface area contributed by atoms with E-state index in [4.69, 9.17) is 0 Å². The van der Waals surface area contributed by atoms with Crippen LogP contribution in [0.5, 0.6) is 0 Å². The van der Waals surface area contributed by atoms with Crippen LogP contribution in [0.3, 0.4) is 0 Å². The molecule has 51 heavy (non-hydrogen) atoms. The van der Waals surface area contributed by atoms with Crippen LogP contribution in [-0.4, -0.2) is 8.07 Å². The third kappa shape index (κ3) is 3.99. The van der Waals surface area contributed by atoms with Gasteiger partial charge in [0.15, 0.2) is 8.07 Å². The summed E-state index contributed by atoms with van der Waals surface area (Å²) in [6.07, 6.45) is 0. The van der Waals surface area contributed by atoms with Gasteiger partial charge in [0.05, 0.1) is 0 Å². The zero-order valence-corrected chi connectivity index (χ0v) is 29.6. The summed E-state index contributed by atoms with van der Waals surface area (Å²) in [5, 5.41) is 5.84. The van der Waals surface area contributed by atoms with Crippen LogP contribution in [0.15, 0.2) is 198 Å². The van der Waals surface area contributed by atoms with Crippen LogP contribution in [0.4, 0.5) is 17.1 Å². The summed E-state index contributed by atoms with van der Waals surface area (Å²) >= 11 is 1.92. The molecule has 238 valence electrons. The Labute approximate surface area is 303 Å². The first kappa shape index (κ1) is 28.9. The highest BCUT2D eigenvalue weighted by Crippen LogP contribution is 2.50. The molecule has 0 saturated carbocycles. The summed E-state index contributed by atoms with van der Waals surface area (Å²) in [6, 6.07) is 70.7. The van der Waals surface area contributed by atoms with E-state index in [1.54, 1.807) is 0 Å². The number of hydrogen-bond donors (Lipinski definition) is 0. The molecule has 8 aromatic carbocycles. The number of rotatable bonds is 1. The molecule has 1 spiro atoms. The van der Waals surface area contributed by atoms with Crippen molar-refractivity contribution in [2.45, 2.75) is 9.79 Å². The second kappa shape index (κ2) is 11.1. The van der Waals surface area contributed by atoms with Crippen molar-refractivity contribution in [3.63, 3.8) is 0 Å². The summed E-state index contributed by atoms with van der Waals surface area (Å²) < 4.78 is 0. The number of benzene rings is 8. The van der Waals surface area contributed by atoms with E-state index in [1.807, 2.05) is 11.8 Å². The van der Waals surface area contributed by atoms with E-state index in [-0.39, 0.29) is 0 Å². The lowest BCUT2D eigenvalue weighted by Gasteiger charge is -2.47. The van der Waals surface area contributed by atoms with E-state index in [0.29, 0.717) is 0 Å². The molecule has 0 unspecified atom stereocenters. The smallest absolute Gasteiger partial charge is 0.186 e. The van der Waals surface area contributed by atoms with E-state index in [9.17, 15) is 0 Å². The molecule has 0 aromatic heterocycles. The van der Waals surface area contributed by atoms with Gasteiger partial charge in [0.2, 0.25) is 0 Å². The van der Waals surface area contributed by atoms with Crippen LogP contribution < -0.4 is 25.6 Å². The third-order valence-electron chi connectivity index (χ3n) is 11.1. The van der Waals surface area contributed by atoms with Gasteiger partial charge >= 0.3 is 0 Å². The normalized spacial score (nSPS) is 13.9. The topological polar surface area (TPSA) is 3.24 Å². The van der Waals surface area contributed by atoms with Crippen molar-refractivity contribution < 1.29 is 0 Å². The van der Waals surface area contributed by atoms with Gasteiger partial charge < -0.3 is 4.90 Å². The van der Waals surface area contributed by atoms with Gasteiger partial charge in [0.1, 0.15) is 0 Å². The summed E-state index contributed by atoms with van der Waals surface area (Å²) in [7, 11) is -2.68. The van der Waals surface area contributed by atoms with Crippen LogP contribution in [0.25, 0.3) is 44.5 Å². The first-order valence-electron chi connectivity index (χ1n) is 17.6. The minimum Gasteiger partial charge on any atom is -0.311 e. The highest BCUT2D eigenvalue weighted by molar-refractivity contribution is 8.00. The fraction of sp³-hybridized carbons (Fsp3) is 0. The summed E-state index contributed by atoms with van der Waals surface area (Å²) in [6.45, 7) is 0. The molecular formula is C48H31NSSi. The van der Waals surface area contributed by atoms with Gasteiger partial charge in [-0.1, -0.05) is 163 Å². The van der Waals surface area contributed by atoms with Gasteiger partial charge in [-0.05, 0) is 102 Å². The van der Waals surface area contributed by atoms with Crippen molar-refractivity contribution in [2.75, 3.05) is 4.90 Å². The largest absolute Gasteiger partial charge is 0.311 e. The highest BCUT2D eigenvalue weighted by atomic mass is 32.2. The van der Waals surface area contributed by atoms with Crippen molar-refractivity contribution in [3.8, 4) is 44.5 Å². The lowest BCUT2D eigenvalue weighted by molar-refractivity contribution is 1.28. The Morgan fingerprint density at radius 3 is 1.14 bits per heavy atom. The Bertz CT molecular complexity index is 2610. The van der Waals surface area contributed by atoms with Crippen LogP contribution in [0.1, 0.15) is 0 Å². The molecule has 11 rings (SSSR count). The Kier molecular flexibility index (Phi) is 6.27. The second-order valence-corrected chi connectivity index (χ2v) is 18.3. The van der Waals surface area contributed by atoms with Crippen LogP contribution >= 0.6 is 11.8 Å². The Hall–Kier alpha value is -5.87. The van der Waals surface area contributed by atoms with Gasteiger partial charge in [-0.3, -0.25) is 0 Å². The average molecular weight is 682 g/mol. The molecule has 2 aliphatic heterocycles. The molecule has 0 atom stereocenters. The molecule has 1 aliphatic carbocycles. The Morgan fingerprint density at radius 1 is 0.314 bits per heavy atom. The van der Waals surface area contributed by atoms with E-state index >= 15 is 0 Å². The van der Waals surface area contributed by atoms with Gasteiger partial charge in [0, 0.05) is 26.9 Å². The van der Waals surface area contributed by atoms with E-state index < -0.39 is 8.07 Å². The zero-order chi connectivity index (χ0) is 33.5. The molecule has 0 radical (unpaired) electrons. The predicted octanol–water partition coefficient (Wildman–Crippen LogP) is 10.3. The van der Waals surface area contributed by atoms with Crippen molar-refractivity contribution in [1.29, 1.82) is 0 Å². The number of hydrogen-bond acceptors (Lipinski definition) is 2. The SMILES string of the molecule is c1ccc2c(c1)Sc1ccccc1[Si]21c2ccccc2N(c2ccc3c(c2)-c2ccccc2-c2ccccc2-c2ccccc2-3)c2ccccc21. The lowest BCUT2D eigenvalue weighted by atomic mass is 9.81. The average Bonchev–Trinajstić information content (AvgIpc) is 3.20. The lowest BCUT2D eigenvalue weighted by Crippen LogP contribution is -2.78. The third-order valence-corrected chi connectivity index (χ3v) is 17.6. The summed E-state index contributed by atoms with van der Waals surface area (Å²) in [5.41, 5.74) is 13.8. The maximum absolute atomic E-state index is 2.68.